The molecule has 0 spiro atoms. The largest absolute Gasteiger partial charge is 0.412 e. The van der Waals surface area contributed by atoms with Gasteiger partial charge in [-0.25, -0.2) is 0 Å². The normalized spacial score (nSPS) is 16.0. The van der Waals surface area contributed by atoms with Crippen molar-refractivity contribution < 1.29 is 15.3 Å². The monoisotopic (exact) mass is 137 g/mol. The SMILES string of the molecule is CC(O)OC(C)CN.O. The molecule has 0 saturated carbocycles. The van der Waals surface area contributed by atoms with Crippen molar-refractivity contribution in [1.82, 2.24) is 0 Å². The Labute approximate surface area is 54.9 Å². The van der Waals surface area contributed by atoms with Crippen LogP contribution in [0, 0.1) is 0 Å². The second kappa shape index (κ2) is 5.97. The van der Waals surface area contributed by atoms with Gasteiger partial charge in [0, 0.05) is 6.54 Å². The quantitative estimate of drug-likeness (QED) is 0.482. The van der Waals surface area contributed by atoms with Gasteiger partial charge in [0.1, 0.15) is 0 Å². The van der Waals surface area contributed by atoms with Gasteiger partial charge in [0.25, 0.3) is 0 Å². The lowest BCUT2D eigenvalue weighted by Gasteiger charge is -2.11. The number of hydrogen-bond donors (Lipinski definition) is 2. The van der Waals surface area contributed by atoms with E-state index >= 15 is 0 Å². The van der Waals surface area contributed by atoms with Gasteiger partial charge < -0.3 is 21.1 Å². The third-order valence-electron chi connectivity index (χ3n) is 0.761. The van der Waals surface area contributed by atoms with Gasteiger partial charge >= 0.3 is 0 Å². The van der Waals surface area contributed by atoms with Crippen LogP contribution in [0.15, 0.2) is 0 Å². The second-order valence-electron chi connectivity index (χ2n) is 1.78. The summed E-state index contributed by atoms with van der Waals surface area (Å²) in [6.45, 7) is 3.82. The van der Waals surface area contributed by atoms with Crippen molar-refractivity contribution in [3.05, 3.63) is 0 Å². The van der Waals surface area contributed by atoms with Gasteiger partial charge in [-0.05, 0) is 13.8 Å². The van der Waals surface area contributed by atoms with Crippen LogP contribution in [0.1, 0.15) is 13.8 Å². The van der Waals surface area contributed by atoms with Crippen LogP contribution in [-0.4, -0.2) is 29.5 Å². The first kappa shape index (κ1) is 11.6. The van der Waals surface area contributed by atoms with Crippen molar-refractivity contribution >= 4 is 0 Å². The van der Waals surface area contributed by atoms with Crippen LogP contribution in [0.3, 0.4) is 0 Å². The fraction of sp³-hybridized carbons (Fsp3) is 1.00. The van der Waals surface area contributed by atoms with Crippen LogP contribution in [-0.2, 0) is 4.74 Å². The van der Waals surface area contributed by atoms with Crippen LogP contribution in [0.2, 0.25) is 0 Å². The Kier molecular flexibility index (Phi) is 7.70. The highest BCUT2D eigenvalue weighted by Gasteiger charge is 2.00. The molecule has 0 saturated heterocycles. The van der Waals surface area contributed by atoms with Gasteiger partial charge in [0.05, 0.1) is 6.10 Å². The average molecular weight is 137 g/mol. The first-order valence-electron chi connectivity index (χ1n) is 2.70. The number of ether oxygens (including phenoxy) is 1. The van der Waals surface area contributed by atoms with Gasteiger partial charge in [0.15, 0.2) is 6.29 Å². The number of nitrogens with two attached hydrogens (primary N) is 1. The zero-order chi connectivity index (χ0) is 6.57. The zero-order valence-corrected chi connectivity index (χ0v) is 5.79. The summed E-state index contributed by atoms with van der Waals surface area (Å²) in [7, 11) is 0. The lowest BCUT2D eigenvalue weighted by atomic mass is 10.4. The Morgan fingerprint density at radius 3 is 2.11 bits per heavy atom. The summed E-state index contributed by atoms with van der Waals surface area (Å²) in [6, 6.07) is 0. The van der Waals surface area contributed by atoms with Gasteiger partial charge in [-0.2, -0.15) is 0 Å². The molecule has 0 rings (SSSR count). The van der Waals surface area contributed by atoms with E-state index in [1.165, 1.54) is 0 Å². The van der Waals surface area contributed by atoms with E-state index in [0.29, 0.717) is 6.54 Å². The van der Waals surface area contributed by atoms with Gasteiger partial charge in [0.2, 0.25) is 0 Å². The van der Waals surface area contributed by atoms with Gasteiger partial charge in [-0.3, -0.25) is 0 Å². The summed E-state index contributed by atoms with van der Waals surface area (Å²) in [5.74, 6) is 0. The van der Waals surface area contributed by atoms with Gasteiger partial charge in [-0.15, -0.1) is 0 Å². The Bertz CT molecular complexity index is 58.2. The molecule has 0 heterocycles. The third-order valence-corrected chi connectivity index (χ3v) is 0.761. The van der Waals surface area contributed by atoms with Gasteiger partial charge in [-0.1, -0.05) is 0 Å². The predicted octanol–water partition coefficient (Wildman–Crippen LogP) is -1.14. The fourth-order valence-corrected chi connectivity index (χ4v) is 0.392. The molecule has 0 fully saturated rings. The van der Waals surface area contributed by atoms with E-state index in [9.17, 15) is 0 Å². The lowest BCUT2D eigenvalue weighted by Crippen LogP contribution is -2.24. The van der Waals surface area contributed by atoms with Crippen molar-refractivity contribution in [2.45, 2.75) is 26.2 Å². The molecule has 2 atom stereocenters. The van der Waals surface area contributed by atoms with Crippen LogP contribution in [0.4, 0.5) is 0 Å². The first-order valence-corrected chi connectivity index (χ1v) is 2.70. The Morgan fingerprint density at radius 2 is 2.00 bits per heavy atom. The molecule has 4 nitrogen and oxygen atoms in total. The highest BCUT2D eigenvalue weighted by molar-refractivity contribution is 4.47. The van der Waals surface area contributed by atoms with E-state index in [4.69, 9.17) is 15.6 Å². The molecule has 0 amide bonds. The molecular formula is C5H15NO3. The highest BCUT2D eigenvalue weighted by atomic mass is 16.6. The maximum Gasteiger partial charge on any atom is 0.152 e. The molecule has 0 aliphatic heterocycles. The standard InChI is InChI=1S/C5H13NO2.H2O/c1-4(3-6)8-5(2)7;/h4-5,7H,3,6H2,1-2H3;1H2. The number of rotatable bonds is 3. The van der Waals surface area contributed by atoms with E-state index in [2.05, 4.69) is 0 Å². The summed E-state index contributed by atoms with van der Waals surface area (Å²) < 4.78 is 4.83. The molecule has 0 aliphatic carbocycles. The molecule has 0 aliphatic rings. The zero-order valence-electron chi connectivity index (χ0n) is 5.79. The van der Waals surface area contributed by atoms with Crippen molar-refractivity contribution in [3.63, 3.8) is 0 Å². The molecule has 2 unspecified atom stereocenters. The van der Waals surface area contributed by atoms with Crippen molar-refractivity contribution in [2.24, 2.45) is 5.73 Å². The predicted molar refractivity (Wildman–Crippen MR) is 34.9 cm³/mol. The molecule has 0 radical (unpaired) electrons. The molecule has 0 bridgehead atoms. The summed E-state index contributed by atoms with van der Waals surface area (Å²) in [6.07, 6.45) is -0.747. The smallest absolute Gasteiger partial charge is 0.152 e. The van der Waals surface area contributed by atoms with Crippen molar-refractivity contribution in [3.8, 4) is 0 Å². The minimum absolute atomic E-state index is 0. The highest BCUT2D eigenvalue weighted by Crippen LogP contribution is 1.90. The number of aliphatic hydroxyl groups excluding tert-OH is 1. The molecular weight excluding hydrogens is 122 g/mol. The van der Waals surface area contributed by atoms with E-state index in [1.54, 1.807) is 6.92 Å². The van der Waals surface area contributed by atoms with Crippen LogP contribution in [0.25, 0.3) is 0 Å². The molecule has 5 N–H and O–H groups in total. The van der Waals surface area contributed by atoms with Crippen LogP contribution >= 0.6 is 0 Å². The summed E-state index contributed by atoms with van der Waals surface area (Å²) in [5.41, 5.74) is 5.18. The minimum atomic E-state index is -0.700. The maximum atomic E-state index is 8.58. The summed E-state index contributed by atoms with van der Waals surface area (Å²) >= 11 is 0. The van der Waals surface area contributed by atoms with E-state index in [-0.39, 0.29) is 11.6 Å². The number of aliphatic hydroxyl groups is 1. The molecule has 0 aromatic rings. The third kappa shape index (κ3) is 7.84. The Morgan fingerprint density at radius 1 is 1.56 bits per heavy atom. The van der Waals surface area contributed by atoms with Crippen molar-refractivity contribution in [2.75, 3.05) is 6.54 Å². The molecule has 0 aromatic heterocycles. The maximum absolute atomic E-state index is 8.58. The molecule has 58 valence electrons. The van der Waals surface area contributed by atoms with Crippen LogP contribution < -0.4 is 5.73 Å². The fourth-order valence-electron chi connectivity index (χ4n) is 0.392. The molecule has 4 heteroatoms. The molecule has 9 heavy (non-hydrogen) atoms. The second-order valence-corrected chi connectivity index (χ2v) is 1.78. The molecule has 0 aromatic carbocycles. The van der Waals surface area contributed by atoms with E-state index in [1.807, 2.05) is 6.92 Å². The average Bonchev–Trinajstić information content (AvgIpc) is 1.65. The Hall–Kier alpha value is -0.160. The van der Waals surface area contributed by atoms with E-state index < -0.39 is 6.29 Å². The summed E-state index contributed by atoms with van der Waals surface area (Å²) in [4.78, 5) is 0. The minimum Gasteiger partial charge on any atom is -0.412 e. The lowest BCUT2D eigenvalue weighted by molar-refractivity contribution is -0.114. The Balaban J connectivity index is 0. The number of hydrogen-bond acceptors (Lipinski definition) is 3. The summed E-state index contributed by atoms with van der Waals surface area (Å²) in [5, 5.41) is 8.58. The van der Waals surface area contributed by atoms with Crippen LogP contribution in [0.5, 0.6) is 0 Å². The van der Waals surface area contributed by atoms with E-state index in [0.717, 1.165) is 0 Å². The first-order chi connectivity index (χ1) is 3.66. The van der Waals surface area contributed by atoms with Crippen molar-refractivity contribution in [1.29, 1.82) is 0 Å². The topological polar surface area (TPSA) is 87.0 Å².